The smallest absolute Gasteiger partial charge is 0.251 e. The van der Waals surface area contributed by atoms with Crippen molar-refractivity contribution in [2.75, 3.05) is 39.8 Å². The zero-order chi connectivity index (χ0) is 28.5. The molecule has 0 radical (unpaired) electrons. The van der Waals surface area contributed by atoms with Gasteiger partial charge in [-0.2, -0.15) is 0 Å². The average molecular weight is 556 g/mol. The molecule has 2 amide bonds. The lowest BCUT2D eigenvalue weighted by molar-refractivity contribution is 0.0857. The van der Waals surface area contributed by atoms with Crippen molar-refractivity contribution in [2.45, 2.75) is 62.9 Å². The molecule has 2 aromatic carbocycles. The number of rotatable bonds is 9. The normalized spacial score (nSPS) is 20.5. The van der Waals surface area contributed by atoms with E-state index < -0.39 is 5.91 Å². The van der Waals surface area contributed by atoms with E-state index in [0.717, 1.165) is 98.8 Å². The summed E-state index contributed by atoms with van der Waals surface area (Å²) < 4.78 is 0. The number of hydrogen-bond donors (Lipinski definition) is 3. The summed E-state index contributed by atoms with van der Waals surface area (Å²) >= 11 is 0. The Kier molecular flexibility index (Phi) is 8.06. The van der Waals surface area contributed by atoms with Crippen LogP contribution < -0.4 is 11.1 Å². The van der Waals surface area contributed by atoms with E-state index in [9.17, 15) is 14.7 Å². The summed E-state index contributed by atoms with van der Waals surface area (Å²) in [5.74, 6) is -0.707. The van der Waals surface area contributed by atoms with E-state index in [1.54, 1.807) is 0 Å². The third-order valence-electron chi connectivity index (χ3n) is 9.30. The van der Waals surface area contributed by atoms with Gasteiger partial charge in [-0.15, -0.1) is 0 Å². The monoisotopic (exact) mass is 555 g/mol. The van der Waals surface area contributed by atoms with Gasteiger partial charge in [0.2, 0.25) is 5.91 Å². The fourth-order valence-corrected chi connectivity index (χ4v) is 7.10. The van der Waals surface area contributed by atoms with Crippen molar-refractivity contribution in [3.8, 4) is 0 Å². The number of likely N-dealkylation sites (N-methyl/N-ethyl adjacent to an activating group) is 1. The van der Waals surface area contributed by atoms with Crippen LogP contribution in [0.15, 0.2) is 42.5 Å². The van der Waals surface area contributed by atoms with Crippen LogP contribution in [0.25, 0.3) is 10.9 Å². The number of nitrogens with two attached hydrogens (primary N) is 1. The summed E-state index contributed by atoms with van der Waals surface area (Å²) in [6, 6.07) is 14.1. The summed E-state index contributed by atoms with van der Waals surface area (Å²) in [5, 5.41) is 14.1. The summed E-state index contributed by atoms with van der Waals surface area (Å²) in [7, 11) is 2.04. The highest BCUT2D eigenvalue weighted by Crippen LogP contribution is 2.38. The summed E-state index contributed by atoms with van der Waals surface area (Å²) in [6.07, 6.45) is 7.04. The van der Waals surface area contributed by atoms with Gasteiger partial charge < -0.3 is 21.1 Å². The molecule has 3 heterocycles. The van der Waals surface area contributed by atoms with E-state index in [4.69, 9.17) is 10.7 Å². The first-order chi connectivity index (χ1) is 19.9. The maximum atomic E-state index is 13.2. The summed E-state index contributed by atoms with van der Waals surface area (Å²) in [6.45, 7) is 3.57. The second-order valence-electron chi connectivity index (χ2n) is 12.1. The molecule has 8 heteroatoms. The number of nitrogens with one attached hydrogen (secondary N) is 1. The third kappa shape index (κ3) is 5.73. The van der Waals surface area contributed by atoms with Gasteiger partial charge in [-0.1, -0.05) is 12.1 Å². The maximum Gasteiger partial charge on any atom is 0.251 e. The number of pyridine rings is 1. The Morgan fingerprint density at radius 3 is 2.73 bits per heavy atom. The standard InChI is InChI=1S/C33H41N5O3/c1-37-18-24(19-37)35-33(41)23-8-4-7-21(16-23)26(13-15-38-14-5-9-25(38)20-39)31-27(32(34)40)11-12-30-28(31)17-22-6-2-3-10-29(22)36-30/h4,7-8,11-12,16-17,24-26,39H,2-3,5-6,9-10,13-15,18-20H2,1H3,(H2,34,40)(H,35,41)/t25-,26+/m0/s1. The highest BCUT2D eigenvalue weighted by Gasteiger charge is 2.30. The number of carbonyl (C=O) groups is 2. The zero-order valence-electron chi connectivity index (χ0n) is 23.9. The predicted molar refractivity (Wildman–Crippen MR) is 160 cm³/mol. The minimum Gasteiger partial charge on any atom is -0.395 e. The van der Waals surface area contributed by atoms with Gasteiger partial charge in [0.15, 0.2) is 0 Å². The van der Waals surface area contributed by atoms with E-state index >= 15 is 0 Å². The van der Waals surface area contributed by atoms with Gasteiger partial charge in [-0.3, -0.25) is 19.5 Å². The first-order valence-electron chi connectivity index (χ1n) is 15.1. The van der Waals surface area contributed by atoms with Gasteiger partial charge >= 0.3 is 0 Å². The second-order valence-corrected chi connectivity index (χ2v) is 12.1. The van der Waals surface area contributed by atoms with Crippen LogP contribution in [0.1, 0.15) is 81.1 Å². The van der Waals surface area contributed by atoms with E-state index in [-0.39, 0.29) is 30.5 Å². The van der Waals surface area contributed by atoms with Gasteiger partial charge in [-0.25, -0.2) is 0 Å². The number of carbonyl (C=O) groups excluding carboxylic acids is 2. The molecule has 41 heavy (non-hydrogen) atoms. The molecule has 2 aliphatic heterocycles. The number of aromatic nitrogens is 1. The number of nitrogens with zero attached hydrogens (tertiary/aromatic N) is 3. The van der Waals surface area contributed by atoms with Gasteiger partial charge in [0.05, 0.1) is 18.2 Å². The van der Waals surface area contributed by atoms with E-state index in [1.807, 2.05) is 37.4 Å². The fraction of sp³-hybridized carbons (Fsp3) is 0.485. The molecule has 1 aliphatic carbocycles. The Hall–Kier alpha value is -3.33. The third-order valence-corrected chi connectivity index (χ3v) is 9.30. The molecule has 4 N–H and O–H groups in total. The topological polar surface area (TPSA) is 112 Å². The molecule has 0 bridgehead atoms. The molecule has 0 spiro atoms. The van der Waals surface area contributed by atoms with Crippen LogP contribution in [0.4, 0.5) is 0 Å². The molecule has 1 aromatic heterocycles. The van der Waals surface area contributed by atoms with Gasteiger partial charge in [0.1, 0.15) is 0 Å². The highest BCUT2D eigenvalue weighted by atomic mass is 16.3. The van der Waals surface area contributed by atoms with E-state index in [1.165, 1.54) is 5.56 Å². The molecule has 216 valence electrons. The quantitative estimate of drug-likeness (QED) is 0.374. The van der Waals surface area contributed by atoms with Crippen molar-refractivity contribution < 1.29 is 14.7 Å². The van der Waals surface area contributed by atoms with E-state index in [2.05, 4.69) is 27.2 Å². The van der Waals surface area contributed by atoms with Crippen LogP contribution in [-0.4, -0.2) is 83.6 Å². The summed E-state index contributed by atoms with van der Waals surface area (Å²) in [5.41, 5.74) is 12.3. The summed E-state index contributed by atoms with van der Waals surface area (Å²) in [4.78, 5) is 35.7. The molecule has 0 saturated carbocycles. The molecular weight excluding hydrogens is 514 g/mol. The maximum absolute atomic E-state index is 13.2. The Balaban J connectivity index is 1.43. The van der Waals surface area contributed by atoms with Crippen LogP contribution in [0.5, 0.6) is 0 Å². The minimum absolute atomic E-state index is 0.0765. The van der Waals surface area contributed by atoms with Crippen LogP contribution in [0, 0.1) is 0 Å². The van der Waals surface area contributed by atoms with E-state index in [0.29, 0.717) is 11.1 Å². The van der Waals surface area contributed by atoms with Crippen molar-refractivity contribution in [3.63, 3.8) is 0 Å². The predicted octanol–water partition coefficient (Wildman–Crippen LogP) is 3.24. The number of fused-ring (bicyclic) bond motifs is 2. The number of amides is 2. The second kappa shape index (κ2) is 11.9. The highest BCUT2D eigenvalue weighted by molar-refractivity contribution is 6.01. The Morgan fingerprint density at radius 1 is 1.12 bits per heavy atom. The molecule has 0 unspecified atom stereocenters. The lowest BCUT2D eigenvalue weighted by Crippen LogP contribution is -2.57. The van der Waals surface area contributed by atoms with Crippen molar-refractivity contribution in [1.29, 1.82) is 0 Å². The number of primary amides is 1. The lowest BCUT2D eigenvalue weighted by Gasteiger charge is -2.36. The van der Waals surface area contributed by atoms with Crippen molar-refractivity contribution in [2.24, 2.45) is 5.73 Å². The molecule has 3 aromatic rings. The van der Waals surface area contributed by atoms with Crippen LogP contribution >= 0.6 is 0 Å². The lowest BCUT2D eigenvalue weighted by atomic mass is 9.81. The number of likely N-dealkylation sites (tertiary alicyclic amines) is 2. The molecule has 2 fully saturated rings. The van der Waals surface area contributed by atoms with Gasteiger partial charge in [0, 0.05) is 47.3 Å². The minimum atomic E-state index is -0.456. The molecule has 2 saturated heterocycles. The molecule has 3 aliphatic rings. The molecule has 2 atom stereocenters. The first-order valence-corrected chi connectivity index (χ1v) is 15.1. The largest absolute Gasteiger partial charge is 0.395 e. The van der Waals surface area contributed by atoms with Crippen LogP contribution in [0.2, 0.25) is 0 Å². The Labute approximate surface area is 241 Å². The van der Waals surface area contributed by atoms with Crippen molar-refractivity contribution in [3.05, 3.63) is 76.0 Å². The van der Waals surface area contributed by atoms with Crippen LogP contribution in [0.3, 0.4) is 0 Å². The molecular formula is C33H41N5O3. The number of hydrogen-bond acceptors (Lipinski definition) is 6. The SMILES string of the molecule is CN1CC(NC(=O)c2cccc([C@@H](CCN3CCC[C@H]3CO)c3c(C(N)=O)ccc4nc5c(cc34)CCCC5)c2)C1. The zero-order valence-corrected chi connectivity index (χ0v) is 23.9. The van der Waals surface area contributed by atoms with Crippen molar-refractivity contribution in [1.82, 2.24) is 20.1 Å². The number of aryl methyl sites for hydroxylation is 2. The Morgan fingerprint density at radius 2 is 1.95 bits per heavy atom. The van der Waals surface area contributed by atoms with Crippen LogP contribution in [-0.2, 0) is 12.8 Å². The number of aliphatic hydroxyl groups excluding tert-OH is 1. The average Bonchev–Trinajstić information content (AvgIpc) is 3.43. The first kappa shape index (κ1) is 27.8. The fourth-order valence-electron chi connectivity index (χ4n) is 7.10. The number of benzene rings is 2. The molecule has 8 nitrogen and oxygen atoms in total. The van der Waals surface area contributed by atoms with Crippen molar-refractivity contribution >= 4 is 22.7 Å². The molecule has 6 rings (SSSR count). The van der Waals surface area contributed by atoms with Gasteiger partial charge in [0.25, 0.3) is 5.91 Å². The van der Waals surface area contributed by atoms with Gasteiger partial charge in [-0.05, 0) is 112 Å². The Bertz CT molecular complexity index is 1450. The number of aliphatic hydroxyl groups is 1.